The van der Waals surface area contributed by atoms with E-state index in [1.54, 1.807) is 6.07 Å². The fourth-order valence-corrected chi connectivity index (χ4v) is 3.98. The molecule has 4 nitrogen and oxygen atoms in total. The Morgan fingerprint density at radius 1 is 1.06 bits per heavy atom. The van der Waals surface area contributed by atoms with E-state index in [4.69, 9.17) is 4.74 Å². The molecule has 1 amide bonds. The number of aromatic nitrogens is 1. The van der Waals surface area contributed by atoms with Crippen LogP contribution in [0, 0.1) is 5.82 Å². The maximum Gasteiger partial charge on any atom is 0.258 e. The highest BCUT2D eigenvalue weighted by Crippen LogP contribution is 2.28. The van der Waals surface area contributed by atoms with Gasteiger partial charge in [-0.15, -0.1) is 0 Å². The largest absolute Gasteiger partial charge is 0.491 e. The summed E-state index contributed by atoms with van der Waals surface area (Å²) in [6.07, 6.45) is 1.92. The topological polar surface area (TPSA) is 51.2 Å². The lowest BCUT2D eigenvalue weighted by Gasteiger charge is -2.10. The van der Waals surface area contributed by atoms with Gasteiger partial charge in [0.05, 0.1) is 16.3 Å². The van der Waals surface area contributed by atoms with Crippen LogP contribution < -0.4 is 10.1 Å². The lowest BCUT2D eigenvalue weighted by atomic mass is 10.0. The van der Waals surface area contributed by atoms with Crippen molar-refractivity contribution in [1.29, 1.82) is 0 Å². The Balaban J connectivity index is 1.64. The molecular formula is C25H21FN2O2S. The minimum Gasteiger partial charge on any atom is -0.491 e. The molecule has 1 aromatic heterocycles. The maximum absolute atomic E-state index is 13.5. The average molecular weight is 433 g/mol. The molecule has 0 aliphatic carbocycles. The lowest BCUT2D eigenvalue weighted by molar-refractivity contribution is -0.111. The van der Waals surface area contributed by atoms with E-state index in [0.29, 0.717) is 20.9 Å². The number of amides is 1. The first-order valence-electron chi connectivity index (χ1n) is 9.89. The Hall–Kier alpha value is -3.51. The number of thiazole rings is 1. The lowest BCUT2D eigenvalue weighted by Crippen LogP contribution is -2.13. The second-order valence-corrected chi connectivity index (χ2v) is 8.28. The molecule has 0 unspecified atom stereocenters. The van der Waals surface area contributed by atoms with Crippen LogP contribution in [0.5, 0.6) is 5.75 Å². The second-order valence-electron chi connectivity index (χ2n) is 7.24. The van der Waals surface area contributed by atoms with Gasteiger partial charge in [-0.1, -0.05) is 53.8 Å². The highest BCUT2D eigenvalue weighted by atomic mass is 32.1. The van der Waals surface area contributed by atoms with Crippen LogP contribution in [-0.2, 0) is 4.79 Å². The third-order valence-corrected chi connectivity index (χ3v) is 5.40. The zero-order chi connectivity index (χ0) is 21.8. The number of hydrogen-bond donors (Lipinski definition) is 1. The molecule has 4 aromatic rings. The van der Waals surface area contributed by atoms with Crippen molar-refractivity contribution < 1.29 is 13.9 Å². The Kier molecular flexibility index (Phi) is 6.09. The monoisotopic (exact) mass is 432 g/mol. The van der Waals surface area contributed by atoms with Crippen molar-refractivity contribution in [1.82, 2.24) is 4.98 Å². The van der Waals surface area contributed by atoms with Gasteiger partial charge < -0.3 is 4.74 Å². The van der Waals surface area contributed by atoms with Crippen molar-refractivity contribution in [2.24, 2.45) is 0 Å². The molecule has 1 N–H and O–H groups in total. The smallest absolute Gasteiger partial charge is 0.258 e. The highest BCUT2D eigenvalue weighted by molar-refractivity contribution is 7.22. The zero-order valence-corrected chi connectivity index (χ0v) is 17.9. The highest BCUT2D eigenvalue weighted by Gasteiger charge is 2.15. The van der Waals surface area contributed by atoms with E-state index in [1.165, 1.54) is 23.5 Å². The van der Waals surface area contributed by atoms with Crippen LogP contribution in [0.3, 0.4) is 0 Å². The predicted octanol–water partition coefficient (Wildman–Crippen LogP) is 6.40. The summed E-state index contributed by atoms with van der Waals surface area (Å²) in [5, 5.41) is 3.28. The van der Waals surface area contributed by atoms with Crippen molar-refractivity contribution in [2.45, 2.75) is 20.0 Å². The molecule has 0 fully saturated rings. The molecule has 0 atom stereocenters. The molecule has 0 bridgehead atoms. The normalized spacial score (nSPS) is 11.7. The summed E-state index contributed by atoms with van der Waals surface area (Å²) in [7, 11) is 0. The van der Waals surface area contributed by atoms with Gasteiger partial charge in [-0.05, 0) is 61.4 Å². The van der Waals surface area contributed by atoms with E-state index in [1.807, 2.05) is 74.5 Å². The van der Waals surface area contributed by atoms with Gasteiger partial charge in [-0.3, -0.25) is 10.1 Å². The minimum absolute atomic E-state index is 0.0920. The number of nitrogens with zero attached hydrogens (tertiary/aromatic N) is 1. The summed E-state index contributed by atoms with van der Waals surface area (Å²) in [5.41, 5.74) is 2.81. The molecule has 0 aliphatic heterocycles. The molecule has 0 saturated carbocycles. The SMILES string of the molecule is CC(C)Oc1ccc(/C=C(/C(=O)Nc2nc3ccc(F)cc3s2)c2ccccc2)cc1. The molecular weight excluding hydrogens is 411 g/mol. The molecule has 0 saturated heterocycles. The first kappa shape index (κ1) is 20.8. The van der Waals surface area contributed by atoms with Gasteiger partial charge in [0, 0.05) is 5.57 Å². The molecule has 0 spiro atoms. The summed E-state index contributed by atoms with van der Waals surface area (Å²) in [4.78, 5) is 17.6. The number of ether oxygens (including phenoxy) is 1. The van der Waals surface area contributed by atoms with Crippen LogP contribution in [-0.4, -0.2) is 17.0 Å². The summed E-state index contributed by atoms with van der Waals surface area (Å²) in [6, 6.07) is 21.4. The molecule has 4 rings (SSSR count). The van der Waals surface area contributed by atoms with Crippen molar-refractivity contribution >= 4 is 44.2 Å². The fourth-order valence-electron chi connectivity index (χ4n) is 3.10. The predicted molar refractivity (Wildman–Crippen MR) is 125 cm³/mol. The summed E-state index contributed by atoms with van der Waals surface area (Å²) in [6.45, 7) is 3.95. The first-order chi connectivity index (χ1) is 15.0. The van der Waals surface area contributed by atoms with Gasteiger partial charge in [0.1, 0.15) is 11.6 Å². The Bertz CT molecular complexity index is 1230. The van der Waals surface area contributed by atoms with Gasteiger partial charge in [-0.2, -0.15) is 0 Å². The number of anilines is 1. The molecule has 1 heterocycles. The van der Waals surface area contributed by atoms with Crippen LogP contribution in [0.15, 0.2) is 72.8 Å². The summed E-state index contributed by atoms with van der Waals surface area (Å²) >= 11 is 1.24. The van der Waals surface area contributed by atoms with Crippen molar-refractivity contribution in [2.75, 3.05) is 5.32 Å². The van der Waals surface area contributed by atoms with Crippen LogP contribution in [0.2, 0.25) is 0 Å². The standard InChI is InChI=1S/C25H21FN2O2S/c1-16(2)30-20-11-8-17(9-12-20)14-21(18-6-4-3-5-7-18)24(29)28-25-27-22-13-10-19(26)15-23(22)31-25/h3-16H,1-2H3,(H,27,28,29)/b21-14+. The number of fused-ring (bicyclic) bond motifs is 1. The second kappa shape index (κ2) is 9.10. The minimum atomic E-state index is -0.330. The molecule has 0 aliphatic rings. The van der Waals surface area contributed by atoms with Gasteiger partial charge in [0.25, 0.3) is 5.91 Å². The van der Waals surface area contributed by atoms with E-state index in [9.17, 15) is 9.18 Å². The number of benzene rings is 3. The van der Waals surface area contributed by atoms with Crippen molar-refractivity contribution in [3.8, 4) is 5.75 Å². The van der Waals surface area contributed by atoms with E-state index in [2.05, 4.69) is 10.3 Å². The number of halogens is 1. The van der Waals surface area contributed by atoms with Crippen molar-refractivity contribution in [3.05, 3.63) is 89.7 Å². The Labute approximate surface area is 184 Å². The molecule has 3 aromatic carbocycles. The number of carbonyl (C=O) groups excluding carboxylic acids is 1. The van der Waals surface area contributed by atoms with Gasteiger partial charge in [0.2, 0.25) is 0 Å². The van der Waals surface area contributed by atoms with Gasteiger partial charge in [0.15, 0.2) is 5.13 Å². The maximum atomic E-state index is 13.5. The summed E-state index contributed by atoms with van der Waals surface area (Å²) < 4.78 is 19.8. The number of carbonyl (C=O) groups is 1. The van der Waals surface area contributed by atoms with E-state index in [0.717, 1.165) is 16.9 Å². The molecule has 31 heavy (non-hydrogen) atoms. The Morgan fingerprint density at radius 2 is 1.81 bits per heavy atom. The number of rotatable bonds is 6. The average Bonchev–Trinajstić information content (AvgIpc) is 3.14. The Morgan fingerprint density at radius 3 is 2.52 bits per heavy atom. The van der Waals surface area contributed by atoms with Gasteiger partial charge in [-0.25, -0.2) is 9.37 Å². The molecule has 0 radical (unpaired) electrons. The third-order valence-electron chi connectivity index (χ3n) is 4.46. The van der Waals surface area contributed by atoms with E-state index in [-0.39, 0.29) is 17.8 Å². The van der Waals surface area contributed by atoms with Crippen LogP contribution in [0.1, 0.15) is 25.0 Å². The van der Waals surface area contributed by atoms with E-state index >= 15 is 0 Å². The summed E-state index contributed by atoms with van der Waals surface area (Å²) in [5.74, 6) is 0.164. The molecule has 156 valence electrons. The van der Waals surface area contributed by atoms with Crippen LogP contribution in [0.4, 0.5) is 9.52 Å². The van der Waals surface area contributed by atoms with E-state index < -0.39 is 0 Å². The fraction of sp³-hybridized carbons (Fsp3) is 0.120. The van der Waals surface area contributed by atoms with Gasteiger partial charge >= 0.3 is 0 Å². The van der Waals surface area contributed by atoms with Crippen LogP contribution in [0.25, 0.3) is 21.9 Å². The zero-order valence-electron chi connectivity index (χ0n) is 17.1. The van der Waals surface area contributed by atoms with Crippen molar-refractivity contribution in [3.63, 3.8) is 0 Å². The quantitative estimate of drug-likeness (QED) is 0.283. The van der Waals surface area contributed by atoms with Crippen LogP contribution >= 0.6 is 11.3 Å². The first-order valence-corrected chi connectivity index (χ1v) is 10.7. The molecule has 6 heteroatoms. The number of nitrogens with one attached hydrogen (secondary N) is 1. The number of hydrogen-bond acceptors (Lipinski definition) is 4. The third kappa shape index (κ3) is 5.16.